The van der Waals surface area contributed by atoms with Crippen LogP contribution in [0.5, 0.6) is 0 Å². The van der Waals surface area contributed by atoms with Crippen molar-refractivity contribution in [2.75, 3.05) is 6.61 Å². The van der Waals surface area contributed by atoms with E-state index in [4.69, 9.17) is 9.47 Å². The highest BCUT2D eigenvalue weighted by molar-refractivity contribution is 5.81. The first-order chi connectivity index (χ1) is 7.24. The van der Waals surface area contributed by atoms with E-state index in [0.29, 0.717) is 18.8 Å². The van der Waals surface area contributed by atoms with Crippen molar-refractivity contribution in [1.29, 1.82) is 0 Å². The van der Waals surface area contributed by atoms with E-state index in [2.05, 4.69) is 13.5 Å². The maximum atomic E-state index is 10.7. The van der Waals surface area contributed by atoms with E-state index < -0.39 is 0 Å². The Labute approximate surface area is 91.4 Å². The fourth-order valence-corrected chi connectivity index (χ4v) is 1.57. The van der Waals surface area contributed by atoms with Crippen molar-refractivity contribution >= 4 is 5.97 Å². The number of rotatable bonds is 8. The van der Waals surface area contributed by atoms with Crippen molar-refractivity contribution in [2.24, 2.45) is 0 Å². The van der Waals surface area contributed by atoms with Crippen molar-refractivity contribution in [1.82, 2.24) is 0 Å². The Kier molecular flexibility index (Phi) is 5.40. The molecule has 1 heterocycles. The van der Waals surface area contributed by atoms with Crippen molar-refractivity contribution in [3.05, 3.63) is 12.7 Å². The summed E-state index contributed by atoms with van der Waals surface area (Å²) in [7, 11) is 0. The summed E-state index contributed by atoms with van der Waals surface area (Å²) in [5.41, 5.74) is 0. The van der Waals surface area contributed by atoms with E-state index in [0.717, 1.165) is 12.8 Å². The Bertz CT molecular complexity index is 213. The molecule has 1 rings (SSSR count). The maximum absolute atomic E-state index is 10.7. The van der Waals surface area contributed by atoms with Gasteiger partial charge in [0, 0.05) is 6.08 Å². The van der Waals surface area contributed by atoms with Gasteiger partial charge in [0.05, 0.1) is 18.8 Å². The molecule has 2 atom stereocenters. The number of hydrogen-bond donors (Lipinski definition) is 0. The average molecular weight is 212 g/mol. The topological polar surface area (TPSA) is 38.8 Å². The standard InChI is InChI=1S/C12H20O3/c1-3-12(13)14-9-7-5-4-6-8-11-10(2)15-11/h3,10-11H,1,4-9H2,2H3. The highest BCUT2D eigenvalue weighted by atomic mass is 16.6. The Morgan fingerprint density at radius 3 is 2.67 bits per heavy atom. The lowest BCUT2D eigenvalue weighted by atomic mass is 10.1. The normalized spacial score (nSPS) is 23.5. The fraction of sp³-hybridized carbons (Fsp3) is 0.750. The second-order valence-corrected chi connectivity index (χ2v) is 3.95. The quantitative estimate of drug-likeness (QED) is 0.268. The summed E-state index contributed by atoms with van der Waals surface area (Å²) in [5, 5.41) is 0. The molecule has 0 aliphatic carbocycles. The molecule has 86 valence electrons. The lowest BCUT2D eigenvalue weighted by Crippen LogP contribution is -2.01. The van der Waals surface area contributed by atoms with Crippen LogP contribution in [0.25, 0.3) is 0 Å². The number of carbonyl (C=O) groups is 1. The molecule has 15 heavy (non-hydrogen) atoms. The second-order valence-electron chi connectivity index (χ2n) is 3.95. The largest absolute Gasteiger partial charge is 0.463 e. The van der Waals surface area contributed by atoms with Crippen LogP contribution in [0.3, 0.4) is 0 Å². The van der Waals surface area contributed by atoms with E-state index in [9.17, 15) is 4.79 Å². The second kappa shape index (κ2) is 6.62. The maximum Gasteiger partial charge on any atom is 0.330 e. The predicted octanol–water partition coefficient (Wildman–Crippen LogP) is 2.45. The lowest BCUT2D eigenvalue weighted by molar-refractivity contribution is -0.137. The van der Waals surface area contributed by atoms with Crippen LogP contribution in [0.1, 0.15) is 39.0 Å². The molecule has 0 N–H and O–H groups in total. The van der Waals surface area contributed by atoms with Gasteiger partial charge in [0.25, 0.3) is 0 Å². The van der Waals surface area contributed by atoms with Crippen molar-refractivity contribution < 1.29 is 14.3 Å². The zero-order valence-electron chi connectivity index (χ0n) is 9.41. The first-order valence-corrected chi connectivity index (χ1v) is 5.68. The smallest absolute Gasteiger partial charge is 0.330 e. The number of unbranched alkanes of at least 4 members (excludes halogenated alkanes) is 3. The SMILES string of the molecule is C=CC(=O)OCCCCCCC1OC1C. The van der Waals surface area contributed by atoms with Crippen LogP contribution in [0.4, 0.5) is 0 Å². The Morgan fingerprint density at radius 2 is 2.07 bits per heavy atom. The van der Waals surface area contributed by atoms with Crippen LogP contribution in [-0.4, -0.2) is 24.8 Å². The van der Waals surface area contributed by atoms with Gasteiger partial charge in [0.2, 0.25) is 0 Å². The van der Waals surface area contributed by atoms with Crippen molar-refractivity contribution in [3.8, 4) is 0 Å². The minimum atomic E-state index is -0.324. The third-order valence-electron chi connectivity index (χ3n) is 2.63. The van der Waals surface area contributed by atoms with Crippen LogP contribution < -0.4 is 0 Å². The number of esters is 1. The summed E-state index contributed by atoms with van der Waals surface area (Å²) in [5.74, 6) is -0.324. The van der Waals surface area contributed by atoms with Gasteiger partial charge in [-0.3, -0.25) is 0 Å². The minimum Gasteiger partial charge on any atom is -0.463 e. The summed E-state index contributed by atoms with van der Waals surface area (Å²) in [6.07, 6.45) is 7.84. The molecule has 1 aliphatic heterocycles. The number of epoxide rings is 1. The fourth-order valence-electron chi connectivity index (χ4n) is 1.57. The molecule has 0 radical (unpaired) electrons. The minimum absolute atomic E-state index is 0.324. The number of ether oxygens (including phenoxy) is 2. The van der Waals surface area contributed by atoms with Crippen LogP contribution in [-0.2, 0) is 14.3 Å². The molecule has 0 bridgehead atoms. The molecule has 1 aliphatic rings. The van der Waals surface area contributed by atoms with Crippen LogP contribution in [0.2, 0.25) is 0 Å². The molecule has 0 aromatic heterocycles. The van der Waals surface area contributed by atoms with E-state index in [-0.39, 0.29) is 5.97 Å². The molecule has 0 saturated carbocycles. The zero-order valence-corrected chi connectivity index (χ0v) is 9.41. The van der Waals surface area contributed by atoms with Gasteiger partial charge >= 0.3 is 5.97 Å². The molecular formula is C12H20O3. The molecule has 1 fully saturated rings. The Morgan fingerprint density at radius 1 is 1.40 bits per heavy atom. The first-order valence-electron chi connectivity index (χ1n) is 5.68. The zero-order chi connectivity index (χ0) is 11.1. The van der Waals surface area contributed by atoms with Crippen molar-refractivity contribution in [3.63, 3.8) is 0 Å². The Balaban J connectivity index is 1.77. The highest BCUT2D eigenvalue weighted by Crippen LogP contribution is 2.26. The van der Waals surface area contributed by atoms with E-state index in [1.165, 1.54) is 25.3 Å². The predicted molar refractivity (Wildman–Crippen MR) is 58.6 cm³/mol. The number of carbonyl (C=O) groups excluding carboxylic acids is 1. The summed E-state index contributed by atoms with van der Waals surface area (Å²) in [6.45, 7) is 5.96. The first kappa shape index (κ1) is 12.2. The average Bonchev–Trinajstić information content (AvgIpc) is 2.93. The summed E-state index contributed by atoms with van der Waals surface area (Å²) >= 11 is 0. The third kappa shape index (κ3) is 5.57. The van der Waals surface area contributed by atoms with Gasteiger partial charge in [-0.15, -0.1) is 0 Å². The van der Waals surface area contributed by atoms with Gasteiger partial charge in [-0.25, -0.2) is 4.79 Å². The highest BCUT2D eigenvalue weighted by Gasteiger charge is 2.32. The van der Waals surface area contributed by atoms with Gasteiger partial charge in [0.15, 0.2) is 0 Å². The molecule has 1 saturated heterocycles. The van der Waals surface area contributed by atoms with Crippen LogP contribution in [0.15, 0.2) is 12.7 Å². The molecule has 0 aromatic carbocycles. The summed E-state index contributed by atoms with van der Waals surface area (Å²) in [6, 6.07) is 0. The van der Waals surface area contributed by atoms with Gasteiger partial charge in [-0.1, -0.05) is 25.8 Å². The molecule has 3 heteroatoms. The molecular weight excluding hydrogens is 192 g/mol. The van der Waals surface area contributed by atoms with Gasteiger partial charge in [-0.2, -0.15) is 0 Å². The van der Waals surface area contributed by atoms with Crippen LogP contribution in [0, 0.1) is 0 Å². The Hall–Kier alpha value is -0.830. The van der Waals surface area contributed by atoms with Gasteiger partial charge in [0.1, 0.15) is 0 Å². The summed E-state index contributed by atoms with van der Waals surface area (Å²) in [4.78, 5) is 10.7. The monoisotopic (exact) mass is 212 g/mol. The summed E-state index contributed by atoms with van der Waals surface area (Å²) < 4.78 is 10.2. The molecule has 0 spiro atoms. The van der Waals surface area contributed by atoms with E-state index >= 15 is 0 Å². The number of hydrogen-bond acceptors (Lipinski definition) is 3. The van der Waals surface area contributed by atoms with E-state index in [1.54, 1.807) is 0 Å². The van der Waals surface area contributed by atoms with Gasteiger partial charge in [-0.05, 0) is 19.8 Å². The third-order valence-corrected chi connectivity index (χ3v) is 2.63. The molecule has 0 aromatic rings. The molecule has 2 unspecified atom stereocenters. The molecule has 0 amide bonds. The van der Waals surface area contributed by atoms with Crippen LogP contribution >= 0.6 is 0 Å². The van der Waals surface area contributed by atoms with Gasteiger partial charge < -0.3 is 9.47 Å². The molecule has 3 nitrogen and oxygen atoms in total. The lowest BCUT2D eigenvalue weighted by Gasteiger charge is -2.01. The van der Waals surface area contributed by atoms with Crippen molar-refractivity contribution in [2.45, 2.75) is 51.2 Å². The van der Waals surface area contributed by atoms with E-state index in [1.807, 2.05) is 0 Å².